The van der Waals surface area contributed by atoms with E-state index in [1.165, 1.54) is 54.2 Å². The first kappa shape index (κ1) is 22.5. The maximum Gasteiger partial charge on any atom is 0.112 e. The van der Waals surface area contributed by atoms with Crippen LogP contribution in [-0.2, 0) is 0 Å². The van der Waals surface area contributed by atoms with Crippen LogP contribution in [0.15, 0.2) is 91.0 Å². The fourth-order valence-electron chi connectivity index (χ4n) is 5.02. The SMILES string of the molecule is CCC1CCC(C[P+](c2ccccc2)(c2ccccc2)c2ccccc2)CC1.[I-]. The molecule has 1 aliphatic carbocycles. The lowest BCUT2D eigenvalue weighted by Crippen LogP contribution is -3.00. The summed E-state index contributed by atoms with van der Waals surface area (Å²) in [6.45, 7) is 2.36. The van der Waals surface area contributed by atoms with Gasteiger partial charge in [0.1, 0.15) is 23.2 Å². The van der Waals surface area contributed by atoms with E-state index in [1.54, 1.807) is 0 Å². The molecule has 1 aliphatic rings. The summed E-state index contributed by atoms with van der Waals surface area (Å²) in [6, 6.07) is 34.1. The molecule has 2 heteroatoms. The first-order chi connectivity index (χ1) is 13.8. The molecule has 4 rings (SSSR count). The second-order valence-electron chi connectivity index (χ2n) is 8.29. The van der Waals surface area contributed by atoms with Crippen LogP contribution in [0.25, 0.3) is 0 Å². The maximum atomic E-state index is 2.38. The Hall–Kier alpha value is -1.18. The number of hydrogen-bond donors (Lipinski definition) is 0. The Balaban J connectivity index is 0.00000240. The Bertz CT molecular complexity index is 743. The largest absolute Gasteiger partial charge is 1.00 e. The molecule has 0 aliphatic heterocycles. The average molecular weight is 514 g/mol. The summed E-state index contributed by atoms with van der Waals surface area (Å²) in [5.41, 5.74) is 0. The molecule has 0 atom stereocenters. The van der Waals surface area contributed by atoms with Gasteiger partial charge in [-0.1, -0.05) is 80.8 Å². The zero-order valence-electron chi connectivity index (χ0n) is 17.4. The van der Waals surface area contributed by atoms with Gasteiger partial charge in [-0.05, 0) is 61.1 Å². The van der Waals surface area contributed by atoms with Crippen LogP contribution in [0, 0.1) is 11.8 Å². The van der Waals surface area contributed by atoms with Gasteiger partial charge in [0.15, 0.2) is 0 Å². The third kappa shape index (κ3) is 4.94. The molecule has 1 fully saturated rings. The quantitative estimate of drug-likeness (QED) is 0.350. The molecule has 152 valence electrons. The highest BCUT2D eigenvalue weighted by Gasteiger charge is 2.47. The predicted octanol–water partition coefficient (Wildman–Crippen LogP) is 3.20. The Labute approximate surface area is 194 Å². The highest BCUT2D eigenvalue weighted by molar-refractivity contribution is 7.95. The molecule has 29 heavy (non-hydrogen) atoms. The van der Waals surface area contributed by atoms with E-state index in [1.807, 2.05) is 0 Å². The number of halogens is 1. The lowest BCUT2D eigenvalue weighted by Gasteiger charge is -2.34. The van der Waals surface area contributed by atoms with Crippen LogP contribution in [0.1, 0.15) is 39.0 Å². The van der Waals surface area contributed by atoms with Crippen LogP contribution in [0.3, 0.4) is 0 Å². The van der Waals surface area contributed by atoms with E-state index >= 15 is 0 Å². The van der Waals surface area contributed by atoms with Crippen LogP contribution < -0.4 is 39.9 Å². The molecule has 0 radical (unpaired) electrons. The Morgan fingerprint density at radius 3 is 1.28 bits per heavy atom. The minimum absolute atomic E-state index is 0. The highest BCUT2D eigenvalue weighted by Crippen LogP contribution is 2.58. The van der Waals surface area contributed by atoms with Crippen molar-refractivity contribution in [3.05, 3.63) is 91.0 Å². The van der Waals surface area contributed by atoms with Crippen molar-refractivity contribution in [1.82, 2.24) is 0 Å². The van der Waals surface area contributed by atoms with Crippen LogP contribution in [0.2, 0.25) is 0 Å². The molecule has 0 aromatic heterocycles. The van der Waals surface area contributed by atoms with Gasteiger partial charge in [-0.3, -0.25) is 0 Å². The lowest BCUT2D eigenvalue weighted by atomic mass is 9.82. The molecule has 0 saturated heterocycles. The maximum absolute atomic E-state index is 2.38. The van der Waals surface area contributed by atoms with Crippen molar-refractivity contribution >= 4 is 23.2 Å². The van der Waals surface area contributed by atoms with Crippen molar-refractivity contribution in [3.8, 4) is 0 Å². The number of rotatable bonds is 6. The molecule has 3 aromatic rings. The molecule has 0 bridgehead atoms. The number of benzene rings is 3. The fraction of sp³-hybridized carbons (Fsp3) is 0.333. The Kier molecular flexibility index (Phi) is 8.33. The van der Waals surface area contributed by atoms with Gasteiger partial charge in [-0.2, -0.15) is 0 Å². The summed E-state index contributed by atoms with van der Waals surface area (Å²) in [4.78, 5) is 0. The van der Waals surface area contributed by atoms with E-state index < -0.39 is 7.26 Å². The van der Waals surface area contributed by atoms with Crippen molar-refractivity contribution in [1.29, 1.82) is 0 Å². The van der Waals surface area contributed by atoms with Crippen LogP contribution in [0.4, 0.5) is 0 Å². The van der Waals surface area contributed by atoms with Gasteiger partial charge in [0, 0.05) is 0 Å². The van der Waals surface area contributed by atoms with Crippen LogP contribution in [-0.4, -0.2) is 6.16 Å². The van der Waals surface area contributed by atoms with Crippen molar-refractivity contribution < 1.29 is 24.0 Å². The van der Waals surface area contributed by atoms with Gasteiger partial charge < -0.3 is 24.0 Å². The predicted molar refractivity (Wildman–Crippen MR) is 126 cm³/mol. The zero-order chi connectivity index (χ0) is 19.2. The highest BCUT2D eigenvalue weighted by atomic mass is 127. The smallest absolute Gasteiger partial charge is 0.112 e. The molecule has 0 nitrogen and oxygen atoms in total. The van der Waals surface area contributed by atoms with E-state index in [4.69, 9.17) is 0 Å². The third-order valence-electron chi connectivity index (χ3n) is 6.67. The van der Waals surface area contributed by atoms with Crippen LogP contribution in [0.5, 0.6) is 0 Å². The van der Waals surface area contributed by atoms with Gasteiger partial charge in [0.2, 0.25) is 0 Å². The van der Waals surface area contributed by atoms with Gasteiger partial charge >= 0.3 is 0 Å². The zero-order valence-corrected chi connectivity index (χ0v) is 20.4. The molecule has 0 unspecified atom stereocenters. The average Bonchev–Trinajstić information content (AvgIpc) is 2.80. The second-order valence-corrected chi connectivity index (χ2v) is 11.8. The molecule has 0 heterocycles. The lowest BCUT2D eigenvalue weighted by molar-refractivity contribution is -0.00000562. The van der Waals surface area contributed by atoms with Crippen molar-refractivity contribution in [2.24, 2.45) is 11.8 Å². The minimum atomic E-state index is -1.65. The summed E-state index contributed by atoms with van der Waals surface area (Å²) >= 11 is 0. The number of hydrogen-bond acceptors (Lipinski definition) is 0. The standard InChI is InChI=1S/C27H32P.HI/c1-2-23-18-20-24(21-19-23)22-28(25-12-6-3-7-13-25,26-14-8-4-9-15-26)27-16-10-5-11-17-27;/h3-17,23-24H,2,18-22H2,1H3;1H/q+1;/p-1. The van der Waals surface area contributed by atoms with Crippen molar-refractivity contribution in [2.45, 2.75) is 39.0 Å². The van der Waals surface area contributed by atoms with Gasteiger partial charge in [-0.15, -0.1) is 0 Å². The normalized spacial score (nSPS) is 19.3. The first-order valence-electron chi connectivity index (χ1n) is 10.9. The summed E-state index contributed by atoms with van der Waals surface area (Å²) in [6.07, 6.45) is 8.28. The molecular formula is C27H32IP. The summed E-state index contributed by atoms with van der Waals surface area (Å²) in [5.74, 6) is 1.78. The van der Waals surface area contributed by atoms with E-state index in [0.29, 0.717) is 0 Å². The molecular weight excluding hydrogens is 482 g/mol. The molecule has 0 amide bonds. The monoisotopic (exact) mass is 514 g/mol. The second kappa shape index (κ2) is 10.7. The summed E-state index contributed by atoms with van der Waals surface area (Å²) in [7, 11) is -1.65. The topological polar surface area (TPSA) is 0 Å². The van der Waals surface area contributed by atoms with E-state index in [0.717, 1.165) is 11.8 Å². The summed E-state index contributed by atoms with van der Waals surface area (Å²) in [5, 5.41) is 4.60. The third-order valence-corrected chi connectivity index (χ3v) is 11.3. The first-order valence-corrected chi connectivity index (χ1v) is 12.8. The van der Waals surface area contributed by atoms with Gasteiger partial charge in [0.25, 0.3) is 0 Å². The Morgan fingerprint density at radius 1 is 0.586 bits per heavy atom. The Morgan fingerprint density at radius 2 is 0.931 bits per heavy atom. The van der Waals surface area contributed by atoms with Crippen LogP contribution >= 0.6 is 7.26 Å². The molecule has 0 spiro atoms. The van der Waals surface area contributed by atoms with Crippen molar-refractivity contribution in [3.63, 3.8) is 0 Å². The van der Waals surface area contributed by atoms with E-state index in [2.05, 4.69) is 97.9 Å². The summed E-state index contributed by atoms with van der Waals surface area (Å²) < 4.78 is 0. The fourth-order valence-corrected chi connectivity index (χ4v) is 9.73. The molecule has 1 saturated carbocycles. The van der Waals surface area contributed by atoms with E-state index in [9.17, 15) is 0 Å². The molecule has 3 aromatic carbocycles. The van der Waals surface area contributed by atoms with Gasteiger partial charge in [0.05, 0.1) is 6.16 Å². The molecule has 0 N–H and O–H groups in total. The van der Waals surface area contributed by atoms with E-state index in [-0.39, 0.29) is 24.0 Å². The van der Waals surface area contributed by atoms with Crippen molar-refractivity contribution in [2.75, 3.05) is 6.16 Å². The minimum Gasteiger partial charge on any atom is -1.00 e. The van der Waals surface area contributed by atoms with Gasteiger partial charge in [-0.25, -0.2) is 0 Å².